The summed E-state index contributed by atoms with van der Waals surface area (Å²) in [5.74, 6) is 0.0484. The molecule has 0 radical (unpaired) electrons. The highest BCUT2D eigenvalue weighted by atomic mass is 16.5. The van der Waals surface area contributed by atoms with Crippen LogP contribution in [0.25, 0.3) is 0 Å². The second kappa shape index (κ2) is 33.1. The maximum Gasteiger partial charge on any atom is 0.311 e. The molecule has 1 N–H and O–H groups in total. The number of carboxylic acid groups (broad SMARTS) is 1. The SMILES string of the molecule is CCCCCCCCCCCC(=O)O.CCCCCCCCCCCC(=O)Oc1ccccc1CCCCCCCCC. The second-order valence-electron chi connectivity index (χ2n) is 12.5. The number of hydrogen-bond acceptors (Lipinski definition) is 3. The minimum Gasteiger partial charge on any atom is -0.481 e. The number of rotatable bonds is 29. The van der Waals surface area contributed by atoms with Gasteiger partial charge in [-0.1, -0.05) is 180 Å². The number of aliphatic carboxylic acids is 1. The maximum atomic E-state index is 12.2. The van der Waals surface area contributed by atoms with E-state index in [1.165, 1.54) is 140 Å². The fourth-order valence-corrected chi connectivity index (χ4v) is 5.42. The third-order valence-corrected chi connectivity index (χ3v) is 8.22. The Morgan fingerprint density at radius 2 is 0.884 bits per heavy atom. The summed E-state index contributed by atoms with van der Waals surface area (Å²) in [5, 5.41) is 8.41. The van der Waals surface area contributed by atoms with E-state index in [0.29, 0.717) is 12.8 Å². The van der Waals surface area contributed by atoms with Crippen LogP contribution in [0.1, 0.15) is 200 Å². The molecule has 0 fully saturated rings. The van der Waals surface area contributed by atoms with E-state index in [4.69, 9.17) is 9.84 Å². The molecule has 0 saturated heterocycles. The quantitative estimate of drug-likeness (QED) is 0.0563. The van der Waals surface area contributed by atoms with Crippen molar-refractivity contribution in [1.82, 2.24) is 0 Å². The Kier molecular flexibility index (Phi) is 31.6. The molecule has 0 unspecified atom stereocenters. The van der Waals surface area contributed by atoms with Crippen LogP contribution in [-0.4, -0.2) is 17.0 Å². The first-order valence-corrected chi connectivity index (χ1v) is 18.5. The number of carbonyl (C=O) groups excluding carboxylic acids is 1. The van der Waals surface area contributed by atoms with Crippen molar-refractivity contribution in [3.63, 3.8) is 0 Å². The van der Waals surface area contributed by atoms with Gasteiger partial charge in [-0.2, -0.15) is 0 Å². The number of benzene rings is 1. The average molecular weight is 603 g/mol. The Bertz CT molecular complexity index is 745. The zero-order valence-corrected chi connectivity index (χ0v) is 28.8. The molecule has 250 valence electrons. The maximum absolute atomic E-state index is 12.2. The Morgan fingerprint density at radius 3 is 1.33 bits per heavy atom. The van der Waals surface area contributed by atoms with Crippen LogP contribution in [0.3, 0.4) is 0 Å². The minimum absolute atomic E-state index is 0.0695. The van der Waals surface area contributed by atoms with E-state index in [1.54, 1.807) is 0 Å². The number of hydrogen-bond donors (Lipinski definition) is 1. The third kappa shape index (κ3) is 30.0. The predicted molar refractivity (Wildman–Crippen MR) is 185 cm³/mol. The van der Waals surface area contributed by atoms with Crippen molar-refractivity contribution in [2.75, 3.05) is 0 Å². The Morgan fingerprint density at radius 1 is 0.512 bits per heavy atom. The molecule has 0 atom stereocenters. The smallest absolute Gasteiger partial charge is 0.311 e. The summed E-state index contributed by atoms with van der Waals surface area (Å²) >= 11 is 0. The highest BCUT2D eigenvalue weighted by Gasteiger charge is 2.09. The number of para-hydroxylation sites is 1. The number of esters is 1. The molecule has 0 aliphatic heterocycles. The van der Waals surface area contributed by atoms with E-state index in [0.717, 1.165) is 37.9 Å². The van der Waals surface area contributed by atoms with Gasteiger partial charge in [-0.05, 0) is 37.3 Å². The van der Waals surface area contributed by atoms with E-state index < -0.39 is 5.97 Å². The first-order valence-electron chi connectivity index (χ1n) is 18.5. The predicted octanol–water partition coefficient (Wildman–Crippen LogP) is 12.8. The van der Waals surface area contributed by atoms with Crippen molar-refractivity contribution in [2.24, 2.45) is 0 Å². The van der Waals surface area contributed by atoms with Gasteiger partial charge in [0.25, 0.3) is 0 Å². The van der Waals surface area contributed by atoms with Gasteiger partial charge in [0.05, 0.1) is 0 Å². The first kappa shape index (κ1) is 41.2. The first-order chi connectivity index (χ1) is 21.0. The monoisotopic (exact) mass is 603 g/mol. The molecule has 43 heavy (non-hydrogen) atoms. The van der Waals surface area contributed by atoms with Gasteiger partial charge < -0.3 is 9.84 Å². The molecule has 0 heterocycles. The van der Waals surface area contributed by atoms with E-state index in [1.807, 2.05) is 12.1 Å². The van der Waals surface area contributed by atoms with Crippen LogP contribution in [0.2, 0.25) is 0 Å². The van der Waals surface area contributed by atoms with Gasteiger partial charge >= 0.3 is 11.9 Å². The van der Waals surface area contributed by atoms with Crippen LogP contribution in [0, 0.1) is 0 Å². The number of carboxylic acids is 1. The highest BCUT2D eigenvalue weighted by molar-refractivity contribution is 5.72. The number of aryl methyl sites for hydroxylation is 1. The summed E-state index contributed by atoms with van der Waals surface area (Å²) in [4.78, 5) is 22.4. The molecule has 1 rings (SSSR count). The van der Waals surface area contributed by atoms with Crippen LogP contribution < -0.4 is 4.74 Å². The van der Waals surface area contributed by atoms with Crippen LogP contribution in [-0.2, 0) is 16.0 Å². The normalized spacial score (nSPS) is 10.8. The van der Waals surface area contributed by atoms with Crippen molar-refractivity contribution >= 4 is 11.9 Å². The van der Waals surface area contributed by atoms with Gasteiger partial charge in [-0.3, -0.25) is 9.59 Å². The van der Waals surface area contributed by atoms with Crippen LogP contribution in [0.15, 0.2) is 24.3 Å². The molecule has 0 spiro atoms. The fourth-order valence-electron chi connectivity index (χ4n) is 5.42. The molecule has 0 aliphatic carbocycles. The lowest BCUT2D eigenvalue weighted by atomic mass is 10.0. The molecule has 1 aromatic carbocycles. The van der Waals surface area contributed by atoms with Gasteiger partial charge in [0.2, 0.25) is 0 Å². The molecular weight excluding hydrogens is 532 g/mol. The molecule has 4 heteroatoms. The van der Waals surface area contributed by atoms with Crippen molar-refractivity contribution in [3.8, 4) is 5.75 Å². The molecule has 1 aromatic rings. The topological polar surface area (TPSA) is 63.6 Å². The van der Waals surface area contributed by atoms with Crippen molar-refractivity contribution in [1.29, 1.82) is 0 Å². The lowest BCUT2D eigenvalue weighted by molar-refractivity contribution is -0.137. The number of ether oxygens (including phenoxy) is 1. The zero-order chi connectivity index (χ0) is 31.6. The Hall–Kier alpha value is -1.84. The van der Waals surface area contributed by atoms with Crippen LogP contribution in [0.5, 0.6) is 5.75 Å². The van der Waals surface area contributed by atoms with Gasteiger partial charge in [0.15, 0.2) is 0 Å². The van der Waals surface area contributed by atoms with Crippen LogP contribution >= 0.6 is 0 Å². The molecular formula is C39H70O4. The lowest BCUT2D eigenvalue weighted by Crippen LogP contribution is -2.09. The van der Waals surface area contributed by atoms with Gasteiger partial charge in [0.1, 0.15) is 5.75 Å². The van der Waals surface area contributed by atoms with E-state index in [2.05, 4.69) is 32.9 Å². The lowest BCUT2D eigenvalue weighted by Gasteiger charge is -2.10. The number of unbranched alkanes of at least 4 members (excludes halogenated alkanes) is 22. The standard InChI is InChI=1S/C27H46O2.C12H24O2/c1-3-5-7-9-11-12-14-16-18-24-27(28)29-26-23-20-19-22-25(26)21-17-15-13-10-8-6-4-2;1-2-3-4-5-6-7-8-9-10-11-12(13)14/h19-20,22-23H,3-18,21,24H2,1-2H3;2-11H2,1H3,(H,13,14). The summed E-state index contributed by atoms with van der Waals surface area (Å²) in [6.07, 6.45) is 33.6. The molecule has 4 nitrogen and oxygen atoms in total. The van der Waals surface area contributed by atoms with Crippen molar-refractivity contribution in [3.05, 3.63) is 29.8 Å². The third-order valence-electron chi connectivity index (χ3n) is 8.22. The molecule has 0 amide bonds. The van der Waals surface area contributed by atoms with E-state index >= 15 is 0 Å². The van der Waals surface area contributed by atoms with Gasteiger partial charge in [-0.15, -0.1) is 0 Å². The summed E-state index contributed by atoms with van der Waals surface area (Å²) in [7, 11) is 0. The van der Waals surface area contributed by atoms with Crippen LogP contribution in [0.4, 0.5) is 0 Å². The second-order valence-corrected chi connectivity index (χ2v) is 12.5. The number of carbonyl (C=O) groups is 2. The molecule has 0 aromatic heterocycles. The summed E-state index contributed by atoms with van der Waals surface area (Å²) in [6, 6.07) is 8.08. The molecule has 0 aliphatic rings. The van der Waals surface area contributed by atoms with E-state index in [9.17, 15) is 9.59 Å². The fraction of sp³-hybridized carbons (Fsp3) is 0.795. The Balaban J connectivity index is 0.00000106. The highest BCUT2D eigenvalue weighted by Crippen LogP contribution is 2.22. The molecule has 0 bridgehead atoms. The zero-order valence-electron chi connectivity index (χ0n) is 28.8. The summed E-state index contributed by atoms with van der Waals surface area (Å²) in [6.45, 7) is 6.74. The average Bonchev–Trinajstić information content (AvgIpc) is 3.00. The van der Waals surface area contributed by atoms with Gasteiger partial charge in [0, 0.05) is 12.8 Å². The largest absolute Gasteiger partial charge is 0.481 e. The van der Waals surface area contributed by atoms with Crippen molar-refractivity contribution < 1.29 is 19.4 Å². The summed E-state index contributed by atoms with van der Waals surface area (Å²) in [5.41, 5.74) is 1.18. The van der Waals surface area contributed by atoms with Gasteiger partial charge in [-0.25, -0.2) is 0 Å². The summed E-state index contributed by atoms with van der Waals surface area (Å²) < 4.78 is 5.69. The van der Waals surface area contributed by atoms with Crippen molar-refractivity contribution in [2.45, 2.75) is 201 Å². The minimum atomic E-state index is -0.659. The molecule has 0 saturated carbocycles. The Labute approximate surface area is 267 Å². The van der Waals surface area contributed by atoms with E-state index in [-0.39, 0.29) is 5.97 Å².